The third kappa shape index (κ3) is 2.80. The van der Waals surface area contributed by atoms with Crippen molar-refractivity contribution in [3.05, 3.63) is 11.7 Å². The summed E-state index contributed by atoms with van der Waals surface area (Å²) < 4.78 is 44.6. The van der Waals surface area contributed by atoms with E-state index in [-0.39, 0.29) is 12.3 Å². The fourth-order valence-electron chi connectivity index (χ4n) is 3.64. The Morgan fingerprint density at radius 3 is 2.43 bits per heavy atom. The van der Waals surface area contributed by atoms with Crippen LogP contribution in [0, 0.1) is 5.92 Å². The minimum absolute atomic E-state index is 0.115. The quantitative estimate of drug-likeness (QED) is 0.906. The molecule has 1 heterocycles. The molecule has 0 aliphatic heterocycles. The first kappa shape index (κ1) is 14.8. The summed E-state index contributed by atoms with van der Waals surface area (Å²) in [6.45, 7) is 0. The first-order valence-electron chi connectivity index (χ1n) is 7.60. The second kappa shape index (κ2) is 5.26. The highest BCUT2D eigenvalue weighted by molar-refractivity contribution is 5.09. The maximum absolute atomic E-state index is 13.1. The smallest absolute Gasteiger partial charge is 0.339 e. The van der Waals surface area contributed by atoms with Gasteiger partial charge in [-0.05, 0) is 25.7 Å². The van der Waals surface area contributed by atoms with E-state index in [2.05, 4.69) is 10.1 Å². The molecule has 2 unspecified atom stereocenters. The van der Waals surface area contributed by atoms with E-state index in [1.165, 1.54) is 0 Å². The van der Waals surface area contributed by atoms with Crippen LogP contribution in [-0.2, 0) is 5.54 Å². The summed E-state index contributed by atoms with van der Waals surface area (Å²) in [5.41, 5.74) is 5.62. The van der Waals surface area contributed by atoms with Crippen molar-refractivity contribution < 1.29 is 17.7 Å². The lowest BCUT2D eigenvalue weighted by Gasteiger charge is -2.30. The molecule has 1 aromatic rings. The molecule has 7 heteroatoms. The third-order valence-corrected chi connectivity index (χ3v) is 4.89. The first-order valence-corrected chi connectivity index (χ1v) is 7.60. The van der Waals surface area contributed by atoms with Crippen LogP contribution in [0.2, 0.25) is 0 Å². The molecule has 1 aromatic heterocycles. The number of halogens is 3. The molecule has 2 fully saturated rings. The van der Waals surface area contributed by atoms with Gasteiger partial charge in [0.15, 0.2) is 5.82 Å². The van der Waals surface area contributed by atoms with Crippen molar-refractivity contribution in [1.29, 1.82) is 0 Å². The van der Waals surface area contributed by atoms with Gasteiger partial charge in [-0.1, -0.05) is 30.8 Å². The molecule has 2 N–H and O–H groups in total. The number of hydrogen-bond donors (Lipinski definition) is 1. The van der Waals surface area contributed by atoms with Crippen molar-refractivity contribution in [3.8, 4) is 0 Å². The third-order valence-electron chi connectivity index (χ3n) is 4.89. The van der Waals surface area contributed by atoms with Gasteiger partial charge < -0.3 is 10.3 Å². The number of hydrogen-bond acceptors (Lipinski definition) is 4. The van der Waals surface area contributed by atoms with Crippen LogP contribution in [0.4, 0.5) is 13.2 Å². The van der Waals surface area contributed by atoms with E-state index in [9.17, 15) is 13.2 Å². The molecule has 2 aliphatic rings. The zero-order valence-corrected chi connectivity index (χ0v) is 11.8. The van der Waals surface area contributed by atoms with Crippen molar-refractivity contribution in [2.45, 2.75) is 69.0 Å². The Balaban J connectivity index is 1.84. The van der Waals surface area contributed by atoms with E-state index in [1.54, 1.807) is 0 Å². The van der Waals surface area contributed by atoms with Crippen LogP contribution >= 0.6 is 0 Å². The summed E-state index contributed by atoms with van der Waals surface area (Å²) in [5.74, 6) is -1.60. The molecule has 118 valence electrons. The molecule has 0 aromatic carbocycles. The van der Waals surface area contributed by atoms with Crippen LogP contribution in [0.1, 0.15) is 69.0 Å². The van der Waals surface area contributed by atoms with Gasteiger partial charge in [0.05, 0.1) is 11.5 Å². The van der Waals surface area contributed by atoms with Crippen LogP contribution in [0.15, 0.2) is 4.52 Å². The summed E-state index contributed by atoms with van der Waals surface area (Å²) in [4.78, 5) is 4.25. The molecule has 2 atom stereocenters. The van der Waals surface area contributed by atoms with Crippen molar-refractivity contribution in [2.24, 2.45) is 11.7 Å². The summed E-state index contributed by atoms with van der Waals surface area (Å²) in [7, 11) is 0. The number of rotatable bonds is 2. The number of nitrogens with zero attached hydrogens (tertiary/aromatic N) is 2. The van der Waals surface area contributed by atoms with Gasteiger partial charge in [0, 0.05) is 5.92 Å². The maximum Gasteiger partial charge on any atom is 0.392 e. The fraction of sp³-hybridized carbons (Fsp3) is 0.857. The zero-order chi connectivity index (χ0) is 15.1. The van der Waals surface area contributed by atoms with Gasteiger partial charge >= 0.3 is 6.18 Å². The summed E-state index contributed by atoms with van der Waals surface area (Å²) in [6.07, 6.45) is 1.25. The Morgan fingerprint density at radius 1 is 1.10 bits per heavy atom. The van der Waals surface area contributed by atoms with Crippen molar-refractivity contribution in [3.63, 3.8) is 0 Å². The summed E-state index contributed by atoms with van der Waals surface area (Å²) >= 11 is 0. The summed E-state index contributed by atoms with van der Waals surface area (Å²) in [5, 5.41) is 3.88. The van der Waals surface area contributed by atoms with E-state index in [4.69, 9.17) is 10.3 Å². The molecule has 0 radical (unpaired) electrons. The van der Waals surface area contributed by atoms with E-state index < -0.39 is 23.6 Å². The minimum Gasteiger partial charge on any atom is -0.339 e. The lowest BCUT2D eigenvalue weighted by atomic mass is 9.78. The first-order chi connectivity index (χ1) is 9.90. The Bertz CT molecular complexity index is 494. The lowest BCUT2D eigenvalue weighted by molar-refractivity contribution is -0.189. The zero-order valence-electron chi connectivity index (χ0n) is 11.8. The van der Waals surface area contributed by atoms with Gasteiger partial charge in [0.25, 0.3) is 0 Å². The Morgan fingerprint density at radius 2 is 1.76 bits per heavy atom. The molecular formula is C14H20F3N3O. The SMILES string of the molecule is NC1(c2noc(C3CCCCC3C(F)(F)F)n2)CCCC1. The van der Waals surface area contributed by atoms with Gasteiger partial charge in [-0.3, -0.25) is 0 Å². The number of alkyl halides is 3. The van der Waals surface area contributed by atoms with Gasteiger partial charge in [0.1, 0.15) is 0 Å². The molecule has 2 saturated carbocycles. The average Bonchev–Trinajstić information content (AvgIpc) is 3.07. The molecular weight excluding hydrogens is 283 g/mol. The molecule has 21 heavy (non-hydrogen) atoms. The number of aromatic nitrogens is 2. The highest BCUT2D eigenvalue weighted by Gasteiger charge is 2.48. The van der Waals surface area contributed by atoms with Crippen LogP contribution in [0.5, 0.6) is 0 Å². The van der Waals surface area contributed by atoms with Gasteiger partial charge in [-0.15, -0.1) is 0 Å². The standard InChI is InChI=1S/C14H20F3N3O/c15-14(16,17)10-6-2-1-5-9(10)11-19-12(20-21-11)13(18)7-3-4-8-13/h9-10H,1-8,18H2. The molecule has 0 spiro atoms. The van der Waals surface area contributed by atoms with E-state index >= 15 is 0 Å². The van der Waals surface area contributed by atoms with Crippen LogP contribution in [-0.4, -0.2) is 16.3 Å². The molecule has 3 rings (SSSR count). The predicted molar refractivity (Wildman–Crippen MR) is 69.4 cm³/mol. The second-order valence-corrected chi connectivity index (χ2v) is 6.36. The van der Waals surface area contributed by atoms with Gasteiger partial charge in [-0.2, -0.15) is 18.2 Å². The highest BCUT2D eigenvalue weighted by atomic mass is 19.4. The van der Waals surface area contributed by atoms with Crippen LogP contribution in [0.3, 0.4) is 0 Å². The molecule has 0 saturated heterocycles. The Labute approximate surface area is 121 Å². The fourth-order valence-corrected chi connectivity index (χ4v) is 3.64. The molecule has 0 bridgehead atoms. The minimum atomic E-state index is -4.21. The molecule has 2 aliphatic carbocycles. The number of nitrogens with two attached hydrogens (primary N) is 1. The van der Waals surface area contributed by atoms with Crippen molar-refractivity contribution in [1.82, 2.24) is 10.1 Å². The normalized spacial score (nSPS) is 29.7. The van der Waals surface area contributed by atoms with Gasteiger partial charge in [-0.25, -0.2) is 0 Å². The average molecular weight is 303 g/mol. The van der Waals surface area contributed by atoms with E-state index in [1.807, 2.05) is 0 Å². The predicted octanol–water partition coefficient (Wildman–Crippen LogP) is 3.63. The Hall–Kier alpha value is -1.11. The van der Waals surface area contributed by atoms with E-state index in [0.29, 0.717) is 18.7 Å². The largest absolute Gasteiger partial charge is 0.392 e. The van der Waals surface area contributed by atoms with Crippen molar-refractivity contribution >= 4 is 0 Å². The second-order valence-electron chi connectivity index (χ2n) is 6.36. The monoisotopic (exact) mass is 303 g/mol. The summed E-state index contributed by atoms with van der Waals surface area (Å²) in [6, 6.07) is 0. The van der Waals surface area contributed by atoms with Crippen LogP contribution in [0.25, 0.3) is 0 Å². The van der Waals surface area contributed by atoms with E-state index in [0.717, 1.165) is 32.1 Å². The lowest BCUT2D eigenvalue weighted by Crippen LogP contribution is -2.35. The molecule has 0 amide bonds. The van der Waals surface area contributed by atoms with Crippen LogP contribution < -0.4 is 5.73 Å². The Kier molecular flexibility index (Phi) is 3.71. The maximum atomic E-state index is 13.1. The molecule has 4 nitrogen and oxygen atoms in total. The highest BCUT2D eigenvalue weighted by Crippen LogP contribution is 2.46. The van der Waals surface area contributed by atoms with Gasteiger partial charge in [0.2, 0.25) is 5.89 Å². The van der Waals surface area contributed by atoms with Crippen molar-refractivity contribution in [2.75, 3.05) is 0 Å². The topological polar surface area (TPSA) is 64.9 Å².